The van der Waals surface area contributed by atoms with E-state index in [1.54, 1.807) is 11.3 Å². The van der Waals surface area contributed by atoms with Crippen molar-refractivity contribution < 1.29 is 0 Å². The van der Waals surface area contributed by atoms with Crippen LogP contribution in [0.3, 0.4) is 0 Å². The number of thiazole rings is 1. The topological polar surface area (TPSA) is 42.2 Å². The van der Waals surface area contributed by atoms with Gasteiger partial charge in [0.1, 0.15) is 0 Å². The van der Waals surface area contributed by atoms with Crippen molar-refractivity contribution in [3.05, 3.63) is 47.0 Å². The summed E-state index contributed by atoms with van der Waals surface area (Å²) in [7, 11) is 0. The fourth-order valence-corrected chi connectivity index (χ4v) is 3.79. The number of benzene rings is 1. The minimum Gasteiger partial charge on any atom is -0.375 e. The highest BCUT2D eigenvalue weighted by Gasteiger charge is 2.30. The molecular formula is C16H21N3S. The molecule has 0 spiro atoms. The first-order chi connectivity index (χ1) is 9.72. The van der Waals surface area contributed by atoms with Gasteiger partial charge in [0.2, 0.25) is 0 Å². The van der Waals surface area contributed by atoms with E-state index in [4.69, 9.17) is 5.73 Å². The number of hydrogen-bond donors (Lipinski definition) is 1. The van der Waals surface area contributed by atoms with Crippen LogP contribution in [0.25, 0.3) is 0 Å². The Kier molecular flexibility index (Phi) is 4.03. The largest absolute Gasteiger partial charge is 0.375 e. The Bertz CT molecular complexity index is 552. The molecule has 2 N–H and O–H groups in total. The molecular weight excluding hydrogens is 266 g/mol. The van der Waals surface area contributed by atoms with Crippen LogP contribution >= 0.6 is 11.3 Å². The van der Waals surface area contributed by atoms with E-state index in [1.807, 2.05) is 6.20 Å². The van der Waals surface area contributed by atoms with Gasteiger partial charge in [0, 0.05) is 23.7 Å². The number of anilines is 1. The number of nitrogens with zero attached hydrogens (tertiary/aromatic N) is 2. The lowest BCUT2D eigenvalue weighted by atomic mass is 9.93. The molecule has 2 atom stereocenters. The van der Waals surface area contributed by atoms with Crippen LogP contribution in [0.2, 0.25) is 0 Å². The third-order valence-electron chi connectivity index (χ3n) is 4.32. The van der Waals surface area contributed by atoms with Crippen molar-refractivity contribution in [2.75, 3.05) is 12.3 Å². The van der Waals surface area contributed by atoms with E-state index >= 15 is 0 Å². The smallest absolute Gasteiger partial charge is 0.180 e. The van der Waals surface area contributed by atoms with Crippen molar-refractivity contribution in [2.45, 2.75) is 32.4 Å². The molecule has 106 valence electrons. The van der Waals surface area contributed by atoms with Crippen molar-refractivity contribution in [2.24, 2.45) is 5.92 Å². The van der Waals surface area contributed by atoms with Crippen LogP contribution in [0.1, 0.15) is 23.8 Å². The Hall–Kier alpha value is -1.39. The second-order valence-electron chi connectivity index (χ2n) is 5.61. The number of nitrogens with two attached hydrogens (primary N) is 1. The van der Waals surface area contributed by atoms with Crippen molar-refractivity contribution in [3.63, 3.8) is 0 Å². The van der Waals surface area contributed by atoms with E-state index in [1.165, 1.54) is 29.8 Å². The van der Waals surface area contributed by atoms with Gasteiger partial charge in [-0.25, -0.2) is 4.98 Å². The van der Waals surface area contributed by atoms with Crippen LogP contribution in [0.4, 0.5) is 5.13 Å². The van der Waals surface area contributed by atoms with Crippen molar-refractivity contribution in [1.82, 2.24) is 9.88 Å². The molecule has 4 heteroatoms. The van der Waals surface area contributed by atoms with Gasteiger partial charge in [-0.05, 0) is 37.8 Å². The average Bonchev–Trinajstić information content (AvgIpc) is 3.01. The molecule has 2 unspecified atom stereocenters. The van der Waals surface area contributed by atoms with Gasteiger partial charge >= 0.3 is 0 Å². The van der Waals surface area contributed by atoms with Crippen LogP contribution in [0, 0.1) is 5.92 Å². The van der Waals surface area contributed by atoms with Crippen LogP contribution in [0.15, 0.2) is 36.5 Å². The van der Waals surface area contributed by atoms with Gasteiger partial charge in [-0.3, -0.25) is 4.90 Å². The molecule has 1 fully saturated rings. The summed E-state index contributed by atoms with van der Waals surface area (Å²) in [6, 6.07) is 11.4. The van der Waals surface area contributed by atoms with E-state index in [0.717, 1.165) is 12.5 Å². The molecule has 1 aliphatic heterocycles. The highest BCUT2D eigenvalue weighted by molar-refractivity contribution is 7.15. The summed E-state index contributed by atoms with van der Waals surface area (Å²) in [5.41, 5.74) is 7.16. The maximum Gasteiger partial charge on any atom is 0.180 e. The molecule has 0 amide bonds. The zero-order chi connectivity index (χ0) is 13.9. The molecule has 0 saturated carbocycles. The summed E-state index contributed by atoms with van der Waals surface area (Å²) in [5.74, 6) is 0.752. The lowest BCUT2D eigenvalue weighted by molar-refractivity contribution is 0.235. The molecule has 3 nitrogen and oxygen atoms in total. The molecule has 0 bridgehead atoms. The standard InChI is InChI=1S/C16H21N3S/c1-12-14(9-13-5-3-2-4-6-13)7-8-19(12)11-15-10-18-16(17)20-15/h2-6,10,12,14H,7-9,11H2,1H3,(H2,17,18). The second-order valence-corrected chi connectivity index (χ2v) is 6.76. The van der Waals surface area contributed by atoms with Gasteiger partial charge in [0.25, 0.3) is 0 Å². The van der Waals surface area contributed by atoms with Crippen LogP contribution in [0.5, 0.6) is 0 Å². The van der Waals surface area contributed by atoms with E-state index in [0.29, 0.717) is 11.2 Å². The Morgan fingerprint density at radius 3 is 2.85 bits per heavy atom. The minimum atomic E-state index is 0.624. The zero-order valence-corrected chi connectivity index (χ0v) is 12.6. The number of nitrogen functional groups attached to an aromatic ring is 1. The number of likely N-dealkylation sites (tertiary alicyclic amines) is 1. The molecule has 1 aliphatic rings. The van der Waals surface area contributed by atoms with E-state index in [9.17, 15) is 0 Å². The summed E-state index contributed by atoms with van der Waals surface area (Å²) >= 11 is 1.61. The van der Waals surface area contributed by atoms with Crippen LogP contribution in [-0.2, 0) is 13.0 Å². The molecule has 2 aromatic rings. The average molecular weight is 287 g/mol. The second kappa shape index (κ2) is 5.94. The first kappa shape index (κ1) is 13.6. The molecule has 2 heterocycles. The number of hydrogen-bond acceptors (Lipinski definition) is 4. The highest BCUT2D eigenvalue weighted by Crippen LogP contribution is 2.29. The van der Waals surface area contributed by atoms with Gasteiger partial charge < -0.3 is 5.73 Å². The van der Waals surface area contributed by atoms with Crippen LogP contribution < -0.4 is 5.73 Å². The Balaban J connectivity index is 1.60. The third-order valence-corrected chi connectivity index (χ3v) is 5.13. The van der Waals surface area contributed by atoms with Crippen molar-refractivity contribution in [1.29, 1.82) is 0 Å². The van der Waals surface area contributed by atoms with Gasteiger partial charge in [-0.1, -0.05) is 30.3 Å². The summed E-state index contributed by atoms with van der Waals surface area (Å²) in [6.07, 6.45) is 4.38. The maximum atomic E-state index is 5.71. The zero-order valence-electron chi connectivity index (χ0n) is 11.8. The Morgan fingerprint density at radius 1 is 1.35 bits per heavy atom. The molecule has 1 aromatic heterocycles. The van der Waals surface area contributed by atoms with Gasteiger partial charge in [0.15, 0.2) is 5.13 Å². The minimum absolute atomic E-state index is 0.624. The Labute approximate surface area is 124 Å². The normalized spacial score (nSPS) is 23.2. The highest BCUT2D eigenvalue weighted by atomic mass is 32.1. The fourth-order valence-electron chi connectivity index (χ4n) is 3.08. The maximum absolute atomic E-state index is 5.71. The van der Waals surface area contributed by atoms with E-state index in [-0.39, 0.29) is 0 Å². The predicted molar refractivity (Wildman–Crippen MR) is 84.7 cm³/mol. The molecule has 0 aliphatic carbocycles. The summed E-state index contributed by atoms with van der Waals surface area (Å²) in [6.45, 7) is 4.52. The Morgan fingerprint density at radius 2 is 2.15 bits per heavy atom. The number of rotatable bonds is 4. The van der Waals surface area contributed by atoms with Gasteiger partial charge in [-0.15, -0.1) is 11.3 Å². The van der Waals surface area contributed by atoms with Gasteiger partial charge in [0.05, 0.1) is 0 Å². The monoisotopic (exact) mass is 287 g/mol. The summed E-state index contributed by atoms with van der Waals surface area (Å²) in [4.78, 5) is 7.97. The first-order valence-electron chi connectivity index (χ1n) is 7.20. The van der Waals surface area contributed by atoms with E-state index < -0.39 is 0 Å². The first-order valence-corrected chi connectivity index (χ1v) is 8.02. The molecule has 1 saturated heterocycles. The van der Waals surface area contributed by atoms with Crippen LogP contribution in [-0.4, -0.2) is 22.5 Å². The number of aromatic nitrogens is 1. The SMILES string of the molecule is CC1C(Cc2ccccc2)CCN1Cc1cnc(N)s1. The van der Waals surface area contributed by atoms with E-state index in [2.05, 4.69) is 47.1 Å². The quantitative estimate of drug-likeness (QED) is 0.939. The molecule has 3 rings (SSSR count). The fraction of sp³-hybridized carbons (Fsp3) is 0.438. The summed E-state index contributed by atoms with van der Waals surface area (Å²) in [5, 5.41) is 0.674. The van der Waals surface area contributed by atoms with Crippen molar-refractivity contribution in [3.8, 4) is 0 Å². The molecule has 20 heavy (non-hydrogen) atoms. The van der Waals surface area contributed by atoms with Crippen molar-refractivity contribution >= 4 is 16.5 Å². The summed E-state index contributed by atoms with van der Waals surface area (Å²) < 4.78 is 0. The molecule has 1 aromatic carbocycles. The lowest BCUT2D eigenvalue weighted by Gasteiger charge is -2.24. The third kappa shape index (κ3) is 3.02. The van der Waals surface area contributed by atoms with Gasteiger partial charge in [-0.2, -0.15) is 0 Å². The molecule has 0 radical (unpaired) electrons. The lowest BCUT2D eigenvalue weighted by Crippen LogP contribution is -2.30. The predicted octanol–water partition coefficient (Wildman–Crippen LogP) is 3.18.